The summed E-state index contributed by atoms with van der Waals surface area (Å²) in [6.45, 7) is 2.19. The molecule has 15 heavy (non-hydrogen) atoms. The van der Waals surface area contributed by atoms with E-state index in [1.54, 1.807) is 11.3 Å². The molecule has 1 aliphatic heterocycles. The predicted octanol–water partition coefficient (Wildman–Crippen LogP) is 0.554. The maximum atomic E-state index is 8.94. The van der Waals surface area contributed by atoms with E-state index in [4.69, 9.17) is 10.8 Å². The highest BCUT2D eigenvalue weighted by Crippen LogP contribution is 2.28. The topological polar surface area (TPSA) is 62.4 Å². The van der Waals surface area contributed by atoms with Crippen LogP contribution in [0.5, 0.6) is 0 Å². The third kappa shape index (κ3) is 2.36. The molecule has 3 N–H and O–H groups in total. The normalized spacial score (nSPS) is 24.6. The van der Waals surface area contributed by atoms with E-state index >= 15 is 0 Å². The Morgan fingerprint density at radius 3 is 3.20 bits per heavy atom. The van der Waals surface area contributed by atoms with E-state index in [0.717, 1.165) is 23.8 Å². The Labute approximate surface area is 93.7 Å². The Kier molecular flexibility index (Phi) is 3.35. The summed E-state index contributed by atoms with van der Waals surface area (Å²) in [6, 6.07) is -0.317. The first kappa shape index (κ1) is 11.0. The van der Waals surface area contributed by atoms with Crippen molar-refractivity contribution >= 4 is 11.3 Å². The van der Waals surface area contributed by atoms with Crippen molar-refractivity contribution in [1.29, 1.82) is 0 Å². The largest absolute Gasteiger partial charge is 0.394 e. The lowest BCUT2D eigenvalue weighted by Crippen LogP contribution is -2.15. The average molecular weight is 227 g/mol. The molecule has 0 spiro atoms. The number of aliphatic hydroxyl groups is 1. The fourth-order valence-corrected chi connectivity index (χ4v) is 2.81. The molecule has 1 fully saturated rings. The highest BCUT2D eigenvalue weighted by molar-refractivity contribution is 7.09. The van der Waals surface area contributed by atoms with Gasteiger partial charge in [-0.3, -0.25) is 0 Å². The Balaban J connectivity index is 2.07. The second-order valence-corrected chi connectivity index (χ2v) is 5.04. The minimum atomic E-state index is -0.317. The van der Waals surface area contributed by atoms with E-state index in [1.165, 1.54) is 6.42 Å². The van der Waals surface area contributed by atoms with Crippen LogP contribution >= 0.6 is 11.3 Å². The van der Waals surface area contributed by atoms with Crippen LogP contribution < -0.4 is 5.73 Å². The van der Waals surface area contributed by atoms with Gasteiger partial charge in [0.05, 0.1) is 18.3 Å². The zero-order valence-electron chi connectivity index (χ0n) is 8.89. The van der Waals surface area contributed by atoms with Crippen LogP contribution in [0, 0.1) is 0 Å². The molecule has 0 aromatic carbocycles. The van der Waals surface area contributed by atoms with Crippen LogP contribution in [0.4, 0.5) is 0 Å². The molecule has 0 aliphatic carbocycles. The molecule has 84 valence electrons. The molecule has 5 heteroatoms. The number of aliphatic hydroxyl groups excluding tert-OH is 1. The highest BCUT2D eigenvalue weighted by atomic mass is 32.1. The summed E-state index contributed by atoms with van der Waals surface area (Å²) >= 11 is 1.56. The third-order valence-corrected chi connectivity index (χ3v) is 3.86. The number of likely N-dealkylation sites (tertiary alicyclic amines) is 1. The fraction of sp³-hybridized carbons (Fsp3) is 0.700. The van der Waals surface area contributed by atoms with Gasteiger partial charge in [-0.25, -0.2) is 4.98 Å². The van der Waals surface area contributed by atoms with Crippen molar-refractivity contribution < 1.29 is 5.11 Å². The standard InChI is InChI=1S/C10H17N3OS/c1-13-3-2-7(4-13)9-6-15-10(12-9)8(11)5-14/h6-8,14H,2-5,11H2,1H3. The average Bonchev–Trinajstić information content (AvgIpc) is 2.84. The van der Waals surface area contributed by atoms with Crippen LogP contribution in [0.2, 0.25) is 0 Å². The number of rotatable bonds is 3. The van der Waals surface area contributed by atoms with Gasteiger partial charge in [0, 0.05) is 17.8 Å². The summed E-state index contributed by atoms with van der Waals surface area (Å²) in [5.41, 5.74) is 6.86. The number of likely N-dealkylation sites (N-methyl/N-ethyl adjacent to an activating group) is 1. The third-order valence-electron chi connectivity index (χ3n) is 2.86. The zero-order valence-corrected chi connectivity index (χ0v) is 9.70. The van der Waals surface area contributed by atoms with Crippen molar-refractivity contribution in [2.24, 2.45) is 5.73 Å². The summed E-state index contributed by atoms with van der Waals surface area (Å²) in [7, 11) is 2.13. The fourth-order valence-electron chi connectivity index (χ4n) is 1.91. The second-order valence-electron chi connectivity index (χ2n) is 4.15. The summed E-state index contributed by atoms with van der Waals surface area (Å²) in [6.07, 6.45) is 1.17. The summed E-state index contributed by atoms with van der Waals surface area (Å²) in [4.78, 5) is 6.82. The number of thiazole rings is 1. The van der Waals surface area contributed by atoms with Gasteiger partial charge < -0.3 is 15.7 Å². The lowest BCUT2D eigenvalue weighted by atomic mass is 10.1. The maximum Gasteiger partial charge on any atom is 0.112 e. The molecule has 0 radical (unpaired) electrons. The van der Waals surface area contributed by atoms with Gasteiger partial charge in [-0.1, -0.05) is 0 Å². The van der Waals surface area contributed by atoms with Gasteiger partial charge in [-0.05, 0) is 20.0 Å². The van der Waals surface area contributed by atoms with Gasteiger partial charge in [0.2, 0.25) is 0 Å². The molecule has 2 unspecified atom stereocenters. The van der Waals surface area contributed by atoms with Gasteiger partial charge in [-0.15, -0.1) is 11.3 Å². The number of nitrogens with zero attached hydrogens (tertiary/aromatic N) is 2. The second kappa shape index (κ2) is 4.57. The molecule has 2 atom stereocenters. The lowest BCUT2D eigenvalue weighted by Gasteiger charge is -2.07. The van der Waals surface area contributed by atoms with Gasteiger partial charge in [-0.2, -0.15) is 0 Å². The summed E-state index contributed by atoms with van der Waals surface area (Å²) in [5.74, 6) is 0.547. The van der Waals surface area contributed by atoms with Crippen molar-refractivity contribution in [3.8, 4) is 0 Å². The molecule has 2 rings (SSSR count). The Hall–Kier alpha value is -0.490. The van der Waals surface area contributed by atoms with Crippen molar-refractivity contribution in [1.82, 2.24) is 9.88 Å². The number of aromatic nitrogens is 1. The molecule has 0 bridgehead atoms. The lowest BCUT2D eigenvalue weighted by molar-refractivity contribution is 0.267. The van der Waals surface area contributed by atoms with Crippen molar-refractivity contribution in [3.05, 3.63) is 16.1 Å². The first-order valence-electron chi connectivity index (χ1n) is 5.21. The van der Waals surface area contributed by atoms with Crippen molar-refractivity contribution in [3.63, 3.8) is 0 Å². The monoisotopic (exact) mass is 227 g/mol. The van der Waals surface area contributed by atoms with Gasteiger partial charge in [0.15, 0.2) is 0 Å². The zero-order chi connectivity index (χ0) is 10.8. The first-order valence-corrected chi connectivity index (χ1v) is 6.09. The molecule has 0 saturated carbocycles. The highest BCUT2D eigenvalue weighted by Gasteiger charge is 2.23. The van der Waals surface area contributed by atoms with Crippen LogP contribution in [0.1, 0.15) is 29.1 Å². The Morgan fingerprint density at radius 2 is 2.60 bits per heavy atom. The predicted molar refractivity (Wildman–Crippen MR) is 61.0 cm³/mol. The van der Waals surface area contributed by atoms with Gasteiger partial charge in [0.25, 0.3) is 0 Å². The molecule has 4 nitrogen and oxygen atoms in total. The summed E-state index contributed by atoms with van der Waals surface area (Å²) < 4.78 is 0. The van der Waals surface area contributed by atoms with Crippen LogP contribution in [-0.4, -0.2) is 41.7 Å². The molecule has 1 aromatic heterocycles. The van der Waals surface area contributed by atoms with Crippen molar-refractivity contribution in [2.75, 3.05) is 26.7 Å². The SMILES string of the molecule is CN1CCC(c2csc(C(N)CO)n2)C1. The van der Waals surface area contributed by atoms with Crippen LogP contribution in [-0.2, 0) is 0 Å². The molecule has 1 aromatic rings. The molecule has 1 saturated heterocycles. The van der Waals surface area contributed by atoms with Crippen molar-refractivity contribution in [2.45, 2.75) is 18.4 Å². The minimum absolute atomic E-state index is 0.0302. The number of nitrogens with two attached hydrogens (primary N) is 1. The number of hydrogen-bond donors (Lipinski definition) is 2. The van der Waals surface area contributed by atoms with Crippen LogP contribution in [0.15, 0.2) is 5.38 Å². The van der Waals surface area contributed by atoms with Crippen LogP contribution in [0.3, 0.4) is 0 Å². The quantitative estimate of drug-likeness (QED) is 0.792. The molecule has 1 aliphatic rings. The smallest absolute Gasteiger partial charge is 0.112 e. The molecular formula is C10H17N3OS. The Bertz CT molecular complexity index is 328. The number of hydrogen-bond acceptors (Lipinski definition) is 5. The van der Waals surface area contributed by atoms with E-state index < -0.39 is 0 Å². The maximum absolute atomic E-state index is 8.94. The molecule has 0 amide bonds. The Morgan fingerprint density at radius 1 is 1.80 bits per heavy atom. The molecule has 2 heterocycles. The van der Waals surface area contributed by atoms with Gasteiger partial charge >= 0.3 is 0 Å². The van der Waals surface area contributed by atoms with E-state index in [-0.39, 0.29) is 12.6 Å². The van der Waals surface area contributed by atoms with Crippen LogP contribution in [0.25, 0.3) is 0 Å². The van der Waals surface area contributed by atoms with Gasteiger partial charge in [0.1, 0.15) is 5.01 Å². The molecular weight excluding hydrogens is 210 g/mol. The summed E-state index contributed by atoms with van der Waals surface area (Å²) in [5, 5.41) is 11.9. The van der Waals surface area contributed by atoms with E-state index in [9.17, 15) is 0 Å². The first-order chi connectivity index (χ1) is 7.20. The van der Waals surface area contributed by atoms with E-state index in [2.05, 4.69) is 22.3 Å². The van der Waals surface area contributed by atoms with E-state index in [0.29, 0.717) is 5.92 Å². The van der Waals surface area contributed by atoms with E-state index in [1.807, 2.05) is 0 Å². The minimum Gasteiger partial charge on any atom is -0.394 e.